The van der Waals surface area contributed by atoms with Crippen molar-refractivity contribution in [2.75, 3.05) is 20.2 Å². The monoisotopic (exact) mass is 420 g/mol. The number of amides is 1. The zero-order valence-electron chi connectivity index (χ0n) is 16.3. The summed E-state index contributed by atoms with van der Waals surface area (Å²) in [6.07, 6.45) is 1.71. The first-order valence-corrected chi connectivity index (χ1v) is 10.3. The van der Waals surface area contributed by atoms with E-state index in [1.807, 2.05) is 49.4 Å². The molecule has 3 rings (SSSR count). The Morgan fingerprint density at radius 3 is 2.57 bits per heavy atom. The summed E-state index contributed by atoms with van der Waals surface area (Å²) in [5, 5.41) is 4.31. The number of hydrogen-bond acceptors (Lipinski definition) is 3. The molecule has 1 amide bonds. The van der Waals surface area contributed by atoms with Crippen LogP contribution in [0.15, 0.2) is 42.5 Å². The van der Waals surface area contributed by atoms with Gasteiger partial charge in [-0.15, -0.1) is 0 Å². The smallest absolute Gasteiger partial charge is 0.223 e. The van der Waals surface area contributed by atoms with Crippen LogP contribution in [0.4, 0.5) is 0 Å². The number of ether oxygens (including phenoxy) is 1. The van der Waals surface area contributed by atoms with Gasteiger partial charge in [-0.05, 0) is 56.6 Å². The summed E-state index contributed by atoms with van der Waals surface area (Å²) in [6.45, 7) is 4.60. The highest BCUT2D eigenvalue weighted by atomic mass is 35.5. The third kappa shape index (κ3) is 5.19. The van der Waals surface area contributed by atoms with E-state index in [1.54, 1.807) is 7.11 Å². The quantitative estimate of drug-likeness (QED) is 0.707. The van der Waals surface area contributed by atoms with Gasteiger partial charge in [-0.2, -0.15) is 0 Å². The second-order valence-corrected chi connectivity index (χ2v) is 8.09. The van der Waals surface area contributed by atoms with Crippen LogP contribution in [0.3, 0.4) is 0 Å². The number of piperidine rings is 1. The first kappa shape index (κ1) is 21.0. The summed E-state index contributed by atoms with van der Waals surface area (Å²) in [4.78, 5) is 15.1. The molecule has 2 aromatic carbocycles. The van der Waals surface area contributed by atoms with E-state index < -0.39 is 0 Å². The fourth-order valence-corrected chi connectivity index (χ4v) is 4.00. The van der Waals surface area contributed by atoms with Gasteiger partial charge in [0.15, 0.2) is 0 Å². The van der Waals surface area contributed by atoms with Gasteiger partial charge in [0.25, 0.3) is 0 Å². The van der Waals surface area contributed by atoms with Gasteiger partial charge in [-0.1, -0.05) is 47.5 Å². The molecule has 0 aliphatic carbocycles. The van der Waals surface area contributed by atoms with Crippen LogP contribution in [0.1, 0.15) is 36.9 Å². The number of para-hydroxylation sites is 1. The van der Waals surface area contributed by atoms with Gasteiger partial charge in [-0.25, -0.2) is 0 Å². The van der Waals surface area contributed by atoms with Crippen molar-refractivity contribution >= 4 is 29.1 Å². The number of benzene rings is 2. The third-order valence-electron chi connectivity index (χ3n) is 5.31. The number of carbonyl (C=O) groups excluding carboxylic acids is 1. The Morgan fingerprint density at radius 2 is 1.89 bits per heavy atom. The minimum Gasteiger partial charge on any atom is -0.496 e. The van der Waals surface area contributed by atoms with E-state index in [9.17, 15) is 4.79 Å². The maximum atomic E-state index is 12.7. The molecule has 28 heavy (non-hydrogen) atoms. The number of carbonyl (C=O) groups is 1. The Hall–Kier alpha value is -1.75. The number of nitrogens with one attached hydrogen (secondary N) is 1. The van der Waals surface area contributed by atoms with E-state index >= 15 is 0 Å². The van der Waals surface area contributed by atoms with E-state index in [0.717, 1.165) is 49.4 Å². The fraction of sp³-hybridized carbons (Fsp3) is 0.409. The molecule has 150 valence electrons. The lowest BCUT2D eigenvalue weighted by atomic mass is 9.94. The zero-order chi connectivity index (χ0) is 20.1. The van der Waals surface area contributed by atoms with Crippen molar-refractivity contribution in [1.82, 2.24) is 10.2 Å². The van der Waals surface area contributed by atoms with Gasteiger partial charge in [0.2, 0.25) is 5.91 Å². The molecule has 1 aliphatic heterocycles. The van der Waals surface area contributed by atoms with Gasteiger partial charge in [0.05, 0.1) is 23.2 Å². The number of nitrogens with zero attached hydrogens (tertiary/aromatic N) is 1. The molecule has 1 N–H and O–H groups in total. The predicted octanol–water partition coefficient (Wildman–Crippen LogP) is 5.09. The lowest BCUT2D eigenvalue weighted by Gasteiger charge is -2.32. The molecule has 1 atom stereocenters. The maximum Gasteiger partial charge on any atom is 0.223 e. The molecule has 6 heteroatoms. The largest absolute Gasteiger partial charge is 0.496 e. The average Bonchev–Trinajstić information content (AvgIpc) is 2.71. The van der Waals surface area contributed by atoms with Crippen LogP contribution in [0.5, 0.6) is 5.75 Å². The van der Waals surface area contributed by atoms with Gasteiger partial charge >= 0.3 is 0 Å². The highest BCUT2D eigenvalue weighted by Gasteiger charge is 2.26. The summed E-state index contributed by atoms with van der Waals surface area (Å²) in [5.74, 6) is 0.960. The third-order valence-corrected chi connectivity index (χ3v) is 6.05. The number of methoxy groups -OCH3 is 1. The predicted molar refractivity (Wildman–Crippen MR) is 114 cm³/mol. The van der Waals surface area contributed by atoms with Crippen LogP contribution in [0, 0.1) is 5.92 Å². The molecule has 0 bridgehead atoms. The molecule has 4 nitrogen and oxygen atoms in total. The summed E-state index contributed by atoms with van der Waals surface area (Å²) < 4.78 is 5.40. The Labute approximate surface area is 176 Å². The van der Waals surface area contributed by atoms with Crippen LogP contribution in [0.25, 0.3) is 0 Å². The summed E-state index contributed by atoms with van der Waals surface area (Å²) >= 11 is 12.1. The van der Waals surface area contributed by atoms with E-state index in [4.69, 9.17) is 27.9 Å². The van der Waals surface area contributed by atoms with E-state index in [2.05, 4.69) is 10.2 Å². The lowest BCUT2D eigenvalue weighted by Crippen LogP contribution is -2.40. The van der Waals surface area contributed by atoms with E-state index in [0.29, 0.717) is 10.0 Å². The molecule has 1 fully saturated rings. The number of likely N-dealkylation sites (tertiary alicyclic amines) is 1. The molecule has 0 spiro atoms. The standard InChI is InChI=1S/C22H26Cl2N2O2/c1-15(18-5-3-4-6-21(18)28-2)25-22(27)17-9-11-26(12-10-17)14-16-7-8-19(23)20(24)13-16/h3-8,13,15,17H,9-12,14H2,1-2H3,(H,25,27)/t15-/m0/s1. The normalized spacial score (nSPS) is 16.6. The van der Waals surface area contributed by atoms with Gasteiger partial charge in [0, 0.05) is 18.0 Å². The highest BCUT2D eigenvalue weighted by molar-refractivity contribution is 6.42. The Balaban J connectivity index is 1.51. The summed E-state index contributed by atoms with van der Waals surface area (Å²) in [7, 11) is 1.65. The first-order chi connectivity index (χ1) is 13.5. The minimum atomic E-state index is -0.0853. The molecule has 1 saturated heterocycles. The average molecular weight is 421 g/mol. The molecule has 2 aromatic rings. The van der Waals surface area contributed by atoms with Crippen molar-refractivity contribution in [3.8, 4) is 5.75 Å². The number of halogens is 2. The van der Waals surface area contributed by atoms with E-state index in [-0.39, 0.29) is 17.9 Å². The first-order valence-electron chi connectivity index (χ1n) is 9.57. The molecule has 0 radical (unpaired) electrons. The molecule has 0 saturated carbocycles. The summed E-state index contributed by atoms with van der Waals surface area (Å²) in [5.41, 5.74) is 2.14. The second kappa shape index (κ2) is 9.64. The van der Waals surface area contributed by atoms with Crippen molar-refractivity contribution < 1.29 is 9.53 Å². The van der Waals surface area contributed by atoms with Crippen LogP contribution in [-0.4, -0.2) is 31.0 Å². The fourth-order valence-electron chi connectivity index (χ4n) is 3.68. The van der Waals surface area contributed by atoms with Crippen LogP contribution in [-0.2, 0) is 11.3 Å². The molecular weight excluding hydrogens is 395 g/mol. The van der Waals surface area contributed by atoms with Gasteiger partial charge < -0.3 is 10.1 Å². The highest BCUT2D eigenvalue weighted by Crippen LogP contribution is 2.27. The Bertz CT molecular complexity index is 820. The van der Waals surface area contributed by atoms with Crippen molar-refractivity contribution in [2.45, 2.75) is 32.4 Å². The molecule has 0 aromatic heterocycles. The molecule has 0 unspecified atom stereocenters. The van der Waals surface area contributed by atoms with Crippen LogP contribution < -0.4 is 10.1 Å². The zero-order valence-corrected chi connectivity index (χ0v) is 17.8. The van der Waals surface area contributed by atoms with Crippen molar-refractivity contribution in [3.63, 3.8) is 0 Å². The Kier molecular flexibility index (Phi) is 7.22. The maximum absolute atomic E-state index is 12.7. The van der Waals surface area contributed by atoms with Crippen molar-refractivity contribution in [1.29, 1.82) is 0 Å². The van der Waals surface area contributed by atoms with E-state index in [1.165, 1.54) is 0 Å². The Morgan fingerprint density at radius 1 is 1.18 bits per heavy atom. The summed E-state index contributed by atoms with van der Waals surface area (Å²) in [6, 6.07) is 13.5. The molecule has 1 aliphatic rings. The van der Waals surface area contributed by atoms with Crippen molar-refractivity contribution in [2.24, 2.45) is 5.92 Å². The lowest BCUT2D eigenvalue weighted by molar-refractivity contribution is -0.127. The number of rotatable bonds is 6. The molecule has 1 heterocycles. The van der Waals surface area contributed by atoms with Crippen molar-refractivity contribution in [3.05, 3.63) is 63.6 Å². The molecular formula is C22H26Cl2N2O2. The van der Waals surface area contributed by atoms with Gasteiger partial charge in [-0.3, -0.25) is 9.69 Å². The van der Waals surface area contributed by atoms with Crippen LogP contribution in [0.2, 0.25) is 10.0 Å². The minimum absolute atomic E-state index is 0.0437. The topological polar surface area (TPSA) is 41.6 Å². The SMILES string of the molecule is COc1ccccc1[C@H](C)NC(=O)C1CCN(Cc2ccc(Cl)c(Cl)c2)CC1. The van der Waals surface area contributed by atoms with Crippen LogP contribution >= 0.6 is 23.2 Å². The van der Waals surface area contributed by atoms with Gasteiger partial charge in [0.1, 0.15) is 5.75 Å². The number of hydrogen-bond donors (Lipinski definition) is 1. The second-order valence-electron chi connectivity index (χ2n) is 7.27.